The summed E-state index contributed by atoms with van der Waals surface area (Å²) in [5, 5.41) is 0. The van der Waals surface area contributed by atoms with E-state index in [-0.39, 0.29) is 18.0 Å². The molecule has 4 rings (SSSR count). The highest BCUT2D eigenvalue weighted by atomic mass is 28.4. The van der Waals surface area contributed by atoms with Gasteiger partial charge in [-0.15, -0.1) is 0 Å². The number of likely N-dealkylation sites (tertiary alicyclic amines) is 1. The number of carbonyl (C=O) groups is 2. The van der Waals surface area contributed by atoms with Crippen molar-refractivity contribution < 1.29 is 14.3 Å². The third-order valence-electron chi connectivity index (χ3n) is 7.00. The second-order valence-electron chi connectivity index (χ2n) is 9.88. The second-order valence-corrected chi connectivity index (χ2v) is 19.5. The normalized spacial score (nSPS) is 25.7. The summed E-state index contributed by atoms with van der Waals surface area (Å²) < 4.78 is 7.83. The SMILES string of the molecule is COC(=O)[C@H](c1ccccc1)N1C(=O)[C@@H](N2[Si](C)(C)CC[Si]2(C)C)[C@@H]1c1ccccc1. The lowest BCUT2D eigenvalue weighted by atomic mass is 9.85. The molecule has 2 aromatic carbocycles. The standard InChI is InChI=1S/C24H32N2O3Si2/c1-29-24(28)21(19-14-10-7-11-15-19)25-20(18-12-8-6-9-13-18)22(23(25)27)26-30(2,3)16-17-31(26,4)5/h6-15,20-22H,16-17H2,1-5H3/t20-,21-,22-/m0/s1. The average Bonchev–Trinajstić information content (AvgIpc) is 2.98. The maximum absolute atomic E-state index is 13.9. The molecular weight excluding hydrogens is 420 g/mol. The first kappa shape index (κ1) is 22.0. The Hall–Kier alpha value is -2.23. The number of benzene rings is 2. The molecule has 2 aliphatic rings. The van der Waals surface area contributed by atoms with Crippen LogP contribution in [0.4, 0.5) is 0 Å². The molecule has 3 atom stereocenters. The lowest BCUT2D eigenvalue weighted by molar-refractivity contribution is -0.170. The predicted octanol–water partition coefficient (Wildman–Crippen LogP) is 4.58. The highest BCUT2D eigenvalue weighted by Crippen LogP contribution is 2.50. The van der Waals surface area contributed by atoms with Crippen molar-refractivity contribution in [1.29, 1.82) is 0 Å². The molecule has 0 aliphatic carbocycles. The molecule has 2 heterocycles. The van der Waals surface area contributed by atoms with Crippen molar-refractivity contribution in [3.05, 3.63) is 71.8 Å². The summed E-state index contributed by atoms with van der Waals surface area (Å²) >= 11 is 0. The third-order valence-corrected chi connectivity index (χ3v) is 17.2. The van der Waals surface area contributed by atoms with E-state index in [4.69, 9.17) is 4.74 Å². The van der Waals surface area contributed by atoms with Gasteiger partial charge in [0.05, 0.1) is 13.2 Å². The Labute approximate surface area is 187 Å². The summed E-state index contributed by atoms with van der Waals surface area (Å²) in [4.78, 5) is 28.6. The van der Waals surface area contributed by atoms with Crippen LogP contribution in [-0.2, 0) is 14.3 Å². The van der Waals surface area contributed by atoms with E-state index in [2.05, 4.69) is 42.6 Å². The molecule has 7 heteroatoms. The van der Waals surface area contributed by atoms with Crippen LogP contribution in [0, 0.1) is 0 Å². The monoisotopic (exact) mass is 452 g/mol. The molecule has 0 N–H and O–H groups in total. The maximum Gasteiger partial charge on any atom is 0.333 e. The molecule has 31 heavy (non-hydrogen) atoms. The van der Waals surface area contributed by atoms with Crippen LogP contribution in [0.25, 0.3) is 0 Å². The molecule has 1 amide bonds. The fourth-order valence-corrected chi connectivity index (χ4v) is 20.2. The first-order chi connectivity index (χ1) is 14.7. The first-order valence-corrected chi connectivity index (χ1v) is 17.3. The van der Waals surface area contributed by atoms with Crippen molar-refractivity contribution in [3.8, 4) is 0 Å². The maximum atomic E-state index is 13.9. The quantitative estimate of drug-likeness (QED) is 0.379. The van der Waals surface area contributed by atoms with Gasteiger partial charge in [-0.3, -0.25) is 4.79 Å². The van der Waals surface area contributed by atoms with Crippen molar-refractivity contribution in [2.75, 3.05) is 7.11 Å². The molecule has 0 radical (unpaired) electrons. The molecule has 2 fully saturated rings. The fraction of sp³-hybridized carbons (Fsp3) is 0.417. The smallest absolute Gasteiger partial charge is 0.333 e. The number of hydrogen-bond acceptors (Lipinski definition) is 4. The Bertz CT molecular complexity index is 949. The Morgan fingerprint density at radius 1 is 0.903 bits per heavy atom. The number of methoxy groups -OCH3 is 1. The molecule has 0 aromatic heterocycles. The van der Waals surface area contributed by atoms with E-state index < -0.39 is 28.5 Å². The van der Waals surface area contributed by atoms with E-state index in [0.29, 0.717) is 0 Å². The average molecular weight is 453 g/mol. The van der Waals surface area contributed by atoms with Crippen LogP contribution in [0.2, 0.25) is 38.3 Å². The Morgan fingerprint density at radius 2 is 1.42 bits per heavy atom. The van der Waals surface area contributed by atoms with Gasteiger partial charge in [-0.2, -0.15) is 0 Å². The van der Waals surface area contributed by atoms with E-state index in [0.717, 1.165) is 11.1 Å². The minimum absolute atomic E-state index is 0.0520. The number of β-lactam (4-membered cyclic amide) rings is 1. The van der Waals surface area contributed by atoms with Gasteiger partial charge in [-0.1, -0.05) is 86.9 Å². The van der Waals surface area contributed by atoms with Crippen LogP contribution < -0.4 is 0 Å². The van der Waals surface area contributed by atoms with Gasteiger partial charge in [0.1, 0.15) is 22.5 Å². The zero-order chi connectivity index (χ0) is 22.4. The number of amides is 1. The first-order valence-electron chi connectivity index (χ1n) is 11.0. The Kier molecular flexibility index (Phi) is 5.70. The highest BCUT2D eigenvalue weighted by Gasteiger charge is 2.62. The van der Waals surface area contributed by atoms with E-state index in [1.165, 1.54) is 19.2 Å². The lowest BCUT2D eigenvalue weighted by Crippen LogP contribution is -2.74. The van der Waals surface area contributed by atoms with Gasteiger partial charge in [0.25, 0.3) is 0 Å². The Morgan fingerprint density at radius 3 is 1.94 bits per heavy atom. The van der Waals surface area contributed by atoms with Crippen LogP contribution in [0.5, 0.6) is 0 Å². The van der Waals surface area contributed by atoms with Crippen molar-refractivity contribution in [2.24, 2.45) is 0 Å². The lowest BCUT2D eigenvalue weighted by Gasteiger charge is -2.58. The molecular formula is C24H32N2O3Si2. The largest absolute Gasteiger partial charge is 0.467 e. The van der Waals surface area contributed by atoms with Gasteiger partial charge >= 0.3 is 5.97 Å². The van der Waals surface area contributed by atoms with E-state index >= 15 is 0 Å². The molecule has 2 saturated heterocycles. The summed E-state index contributed by atoms with van der Waals surface area (Å²) in [6.45, 7) is 9.56. The summed E-state index contributed by atoms with van der Waals surface area (Å²) in [6, 6.07) is 21.1. The topological polar surface area (TPSA) is 49.9 Å². The molecule has 2 aromatic rings. The molecule has 0 bridgehead atoms. The number of hydrogen-bond donors (Lipinski definition) is 0. The van der Waals surface area contributed by atoms with Crippen LogP contribution in [-0.4, -0.2) is 50.6 Å². The minimum atomic E-state index is -1.70. The van der Waals surface area contributed by atoms with Gasteiger partial charge in [-0.25, -0.2) is 4.79 Å². The molecule has 0 unspecified atom stereocenters. The van der Waals surface area contributed by atoms with Gasteiger partial charge in [0.15, 0.2) is 6.04 Å². The number of carbonyl (C=O) groups excluding carboxylic acids is 2. The number of esters is 1. The van der Waals surface area contributed by atoms with Crippen molar-refractivity contribution >= 4 is 28.3 Å². The van der Waals surface area contributed by atoms with Crippen molar-refractivity contribution in [3.63, 3.8) is 0 Å². The van der Waals surface area contributed by atoms with Crippen LogP contribution in [0.1, 0.15) is 23.2 Å². The second kappa shape index (κ2) is 8.04. The summed E-state index contributed by atoms with van der Waals surface area (Å²) in [7, 11) is -2.01. The molecule has 2 aliphatic heterocycles. The van der Waals surface area contributed by atoms with E-state index in [1.807, 2.05) is 48.5 Å². The van der Waals surface area contributed by atoms with Gasteiger partial charge < -0.3 is 13.9 Å². The van der Waals surface area contributed by atoms with Crippen molar-refractivity contribution in [2.45, 2.75) is 56.4 Å². The predicted molar refractivity (Wildman–Crippen MR) is 127 cm³/mol. The zero-order valence-corrected chi connectivity index (χ0v) is 21.0. The molecule has 0 saturated carbocycles. The summed E-state index contributed by atoms with van der Waals surface area (Å²) in [5.74, 6) is -0.343. The number of ether oxygens (including phenoxy) is 1. The summed E-state index contributed by atoms with van der Waals surface area (Å²) in [5.41, 5.74) is 1.87. The van der Waals surface area contributed by atoms with Crippen LogP contribution in [0.15, 0.2) is 60.7 Å². The van der Waals surface area contributed by atoms with Gasteiger partial charge in [-0.05, 0) is 23.2 Å². The Balaban J connectivity index is 1.82. The zero-order valence-electron chi connectivity index (χ0n) is 19.0. The van der Waals surface area contributed by atoms with E-state index in [9.17, 15) is 9.59 Å². The molecule has 5 nitrogen and oxygen atoms in total. The minimum Gasteiger partial charge on any atom is -0.467 e. The molecule has 0 spiro atoms. The number of rotatable bonds is 5. The van der Waals surface area contributed by atoms with Gasteiger partial charge in [0.2, 0.25) is 5.91 Å². The molecule has 164 valence electrons. The van der Waals surface area contributed by atoms with Crippen LogP contribution >= 0.6 is 0 Å². The van der Waals surface area contributed by atoms with Crippen LogP contribution in [0.3, 0.4) is 0 Å². The van der Waals surface area contributed by atoms with Crippen molar-refractivity contribution in [1.82, 2.24) is 9.13 Å². The highest BCUT2D eigenvalue weighted by molar-refractivity contribution is 6.95. The third kappa shape index (κ3) is 3.68. The van der Waals surface area contributed by atoms with Gasteiger partial charge in [0, 0.05) is 0 Å². The fourth-order valence-electron chi connectivity index (χ4n) is 5.61. The number of nitrogens with zero attached hydrogens (tertiary/aromatic N) is 2. The summed E-state index contributed by atoms with van der Waals surface area (Å²) in [6.07, 6.45) is 0. The van der Waals surface area contributed by atoms with E-state index in [1.54, 1.807) is 4.90 Å².